The molecule has 0 aromatic heterocycles. The van der Waals surface area contributed by atoms with Gasteiger partial charge in [0.25, 0.3) is 0 Å². The van der Waals surface area contributed by atoms with Gasteiger partial charge in [0.15, 0.2) is 5.75 Å². The summed E-state index contributed by atoms with van der Waals surface area (Å²) in [4.78, 5) is 23.8. The molecule has 1 aromatic carbocycles. The number of carbonyl (C=O) groups is 1. The first-order valence-corrected chi connectivity index (χ1v) is 5.82. The Kier molecular flexibility index (Phi) is 3.50. The van der Waals surface area contributed by atoms with E-state index in [0.717, 1.165) is 0 Å². The molecule has 1 aromatic rings. The van der Waals surface area contributed by atoms with E-state index in [1.807, 2.05) is 0 Å². The summed E-state index contributed by atoms with van der Waals surface area (Å²) in [6, 6.07) is 4.51. The lowest BCUT2D eigenvalue weighted by atomic mass is 10.1. The van der Waals surface area contributed by atoms with E-state index in [0.29, 0.717) is 18.7 Å². The van der Waals surface area contributed by atoms with E-state index in [2.05, 4.69) is 6.58 Å². The van der Waals surface area contributed by atoms with Gasteiger partial charge in [0.05, 0.1) is 17.7 Å². The molecule has 1 unspecified atom stereocenters. The second-order valence-electron chi connectivity index (χ2n) is 4.32. The average Bonchev–Trinajstić information content (AvgIpc) is 2.79. The molecule has 1 amide bonds. The molecule has 0 bridgehead atoms. The average molecular weight is 262 g/mol. The third-order valence-corrected chi connectivity index (χ3v) is 3.16. The number of rotatable bonds is 4. The minimum atomic E-state index is -0.520. The summed E-state index contributed by atoms with van der Waals surface area (Å²) in [5, 5.41) is 11.0. The molecule has 0 spiro atoms. The minimum absolute atomic E-state index is 0.0515. The van der Waals surface area contributed by atoms with Crippen LogP contribution in [0.4, 0.5) is 11.4 Å². The summed E-state index contributed by atoms with van der Waals surface area (Å²) in [7, 11) is 1.37. The molecule has 0 radical (unpaired) electrons. The van der Waals surface area contributed by atoms with Crippen LogP contribution in [-0.4, -0.2) is 24.5 Å². The first-order chi connectivity index (χ1) is 9.06. The Hall–Kier alpha value is -2.37. The molecular weight excluding hydrogens is 248 g/mol. The number of benzene rings is 1. The lowest BCUT2D eigenvalue weighted by Crippen LogP contribution is -2.24. The van der Waals surface area contributed by atoms with Crippen LogP contribution in [0.1, 0.15) is 6.42 Å². The van der Waals surface area contributed by atoms with Gasteiger partial charge in [-0.25, -0.2) is 0 Å². The lowest BCUT2D eigenvalue weighted by Gasteiger charge is -2.16. The number of methoxy groups -OCH3 is 1. The van der Waals surface area contributed by atoms with E-state index >= 15 is 0 Å². The first kappa shape index (κ1) is 13.1. The fourth-order valence-corrected chi connectivity index (χ4v) is 2.13. The highest BCUT2D eigenvalue weighted by molar-refractivity contribution is 5.96. The van der Waals surface area contributed by atoms with Crippen LogP contribution in [0.5, 0.6) is 5.75 Å². The number of anilines is 1. The highest BCUT2D eigenvalue weighted by Crippen LogP contribution is 2.33. The number of nitro groups is 1. The van der Waals surface area contributed by atoms with Crippen molar-refractivity contribution in [2.75, 3.05) is 18.6 Å². The smallest absolute Gasteiger partial charge is 0.312 e. The quantitative estimate of drug-likeness (QED) is 0.473. The summed E-state index contributed by atoms with van der Waals surface area (Å²) in [5.74, 6) is 0.221. The molecule has 1 aliphatic heterocycles. The fourth-order valence-electron chi connectivity index (χ4n) is 2.13. The maximum atomic E-state index is 11.9. The Morgan fingerprint density at radius 1 is 1.58 bits per heavy atom. The van der Waals surface area contributed by atoms with Crippen molar-refractivity contribution < 1.29 is 14.5 Å². The van der Waals surface area contributed by atoms with Crippen LogP contribution in [0.2, 0.25) is 0 Å². The van der Waals surface area contributed by atoms with Crippen molar-refractivity contribution in [2.45, 2.75) is 6.42 Å². The second-order valence-corrected chi connectivity index (χ2v) is 4.32. The van der Waals surface area contributed by atoms with Gasteiger partial charge in [-0.3, -0.25) is 14.9 Å². The Morgan fingerprint density at radius 3 is 2.84 bits per heavy atom. The normalized spacial score (nSPS) is 18.5. The Morgan fingerprint density at radius 2 is 2.32 bits per heavy atom. The molecule has 19 heavy (non-hydrogen) atoms. The minimum Gasteiger partial charge on any atom is -0.490 e. The Balaban J connectivity index is 2.36. The van der Waals surface area contributed by atoms with E-state index < -0.39 is 4.92 Å². The molecule has 100 valence electrons. The van der Waals surface area contributed by atoms with Crippen molar-refractivity contribution >= 4 is 17.3 Å². The molecule has 1 atom stereocenters. The first-order valence-electron chi connectivity index (χ1n) is 5.82. The van der Waals surface area contributed by atoms with Crippen molar-refractivity contribution in [1.29, 1.82) is 0 Å². The number of nitrogens with zero attached hydrogens (tertiary/aromatic N) is 2. The SMILES string of the molecule is C=CC1CC(=O)N(c2ccc(OC)c([N+](=O)[O-])c2)C1. The second kappa shape index (κ2) is 5.09. The highest BCUT2D eigenvalue weighted by Gasteiger charge is 2.30. The van der Waals surface area contributed by atoms with Gasteiger partial charge in [0, 0.05) is 24.9 Å². The Labute approximate surface area is 110 Å². The third kappa shape index (κ3) is 2.42. The van der Waals surface area contributed by atoms with Crippen LogP contribution in [0.15, 0.2) is 30.9 Å². The van der Waals surface area contributed by atoms with E-state index in [1.165, 1.54) is 19.2 Å². The van der Waals surface area contributed by atoms with Gasteiger partial charge in [-0.2, -0.15) is 0 Å². The van der Waals surface area contributed by atoms with Crippen molar-refractivity contribution in [3.63, 3.8) is 0 Å². The third-order valence-electron chi connectivity index (χ3n) is 3.16. The topological polar surface area (TPSA) is 72.7 Å². The maximum Gasteiger partial charge on any atom is 0.312 e. The molecule has 1 aliphatic rings. The van der Waals surface area contributed by atoms with E-state index in [9.17, 15) is 14.9 Å². The Bertz CT molecular complexity index is 541. The molecular formula is C13H14N2O4. The van der Waals surface area contributed by atoms with Crippen LogP contribution in [0, 0.1) is 16.0 Å². The van der Waals surface area contributed by atoms with Gasteiger partial charge in [-0.05, 0) is 12.1 Å². The van der Waals surface area contributed by atoms with Gasteiger partial charge in [0.2, 0.25) is 5.91 Å². The highest BCUT2D eigenvalue weighted by atomic mass is 16.6. The predicted molar refractivity (Wildman–Crippen MR) is 70.3 cm³/mol. The zero-order chi connectivity index (χ0) is 14.0. The summed E-state index contributed by atoms with van der Waals surface area (Å²) in [5.41, 5.74) is 0.372. The van der Waals surface area contributed by atoms with E-state index in [1.54, 1.807) is 17.0 Å². The maximum absolute atomic E-state index is 11.9. The summed E-state index contributed by atoms with van der Waals surface area (Å²) >= 11 is 0. The molecule has 1 fully saturated rings. The zero-order valence-corrected chi connectivity index (χ0v) is 10.5. The van der Waals surface area contributed by atoms with Crippen molar-refractivity contribution in [2.24, 2.45) is 5.92 Å². The molecule has 1 saturated heterocycles. The number of carbonyl (C=O) groups excluding carboxylic acids is 1. The van der Waals surface area contributed by atoms with Crippen LogP contribution in [-0.2, 0) is 4.79 Å². The van der Waals surface area contributed by atoms with Crippen LogP contribution < -0.4 is 9.64 Å². The van der Waals surface area contributed by atoms with Crippen molar-refractivity contribution in [3.05, 3.63) is 41.0 Å². The number of hydrogen-bond acceptors (Lipinski definition) is 4. The lowest BCUT2D eigenvalue weighted by molar-refractivity contribution is -0.385. The molecule has 0 N–H and O–H groups in total. The van der Waals surface area contributed by atoms with Crippen LogP contribution in [0.3, 0.4) is 0 Å². The summed E-state index contributed by atoms with van der Waals surface area (Å²) < 4.78 is 4.93. The molecule has 2 rings (SSSR count). The van der Waals surface area contributed by atoms with Gasteiger partial charge in [-0.15, -0.1) is 6.58 Å². The molecule has 6 heteroatoms. The zero-order valence-electron chi connectivity index (χ0n) is 10.5. The van der Waals surface area contributed by atoms with Crippen molar-refractivity contribution in [1.82, 2.24) is 0 Å². The number of ether oxygens (including phenoxy) is 1. The predicted octanol–water partition coefficient (Wildman–Crippen LogP) is 2.14. The van der Waals surface area contributed by atoms with Crippen LogP contribution in [0.25, 0.3) is 0 Å². The summed E-state index contributed by atoms with van der Waals surface area (Å²) in [6.45, 7) is 4.18. The number of amides is 1. The number of hydrogen-bond donors (Lipinski definition) is 0. The number of nitro benzene ring substituents is 1. The van der Waals surface area contributed by atoms with Gasteiger partial charge >= 0.3 is 5.69 Å². The molecule has 0 saturated carbocycles. The van der Waals surface area contributed by atoms with Crippen molar-refractivity contribution in [3.8, 4) is 5.75 Å². The monoisotopic (exact) mass is 262 g/mol. The fraction of sp³-hybridized carbons (Fsp3) is 0.308. The molecule has 0 aliphatic carbocycles. The molecule has 1 heterocycles. The molecule has 6 nitrogen and oxygen atoms in total. The van der Waals surface area contributed by atoms with Gasteiger partial charge in [-0.1, -0.05) is 6.08 Å². The van der Waals surface area contributed by atoms with E-state index in [4.69, 9.17) is 4.74 Å². The van der Waals surface area contributed by atoms with Crippen LogP contribution >= 0.6 is 0 Å². The van der Waals surface area contributed by atoms with E-state index in [-0.39, 0.29) is 23.3 Å². The summed E-state index contributed by atoms with van der Waals surface area (Å²) in [6.07, 6.45) is 2.12. The van der Waals surface area contributed by atoms with Gasteiger partial charge in [0.1, 0.15) is 0 Å². The largest absolute Gasteiger partial charge is 0.490 e. The standard InChI is InChI=1S/C13H14N2O4/c1-3-9-6-13(16)14(8-9)10-4-5-12(19-2)11(7-10)15(17)18/h3-5,7,9H,1,6,8H2,2H3. The van der Waals surface area contributed by atoms with Gasteiger partial charge < -0.3 is 9.64 Å².